The predicted molar refractivity (Wildman–Crippen MR) is 87.9 cm³/mol. The van der Waals surface area contributed by atoms with Gasteiger partial charge >= 0.3 is 0 Å². The summed E-state index contributed by atoms with van der Waals surface area (Å²) >= 11 is 0. The maximum atomic E-state index is 12.0. The molecule has 1 amide bonds. The van der Waals surface area contributed by atoms with Crippen LogP contribution in [0.5, 0.6) is 0 Å². The van der Waals surface area contributed by atoms with Crippen molar-refractivity contribution < 1.29 is 9.00 Å². The van der Waals surface area contributed by atoms with Gasteiger partial charge in [-0.2, -0.15) is 5.10 Å². The number of rotatable bonds is 2. The standard InChI is InChI=1S/C16H21N3O2S/c1-10-15(12-5-7-16(3,4)8-6-12)11(2)19(17-10)14-9-13(20)18-22(14)21/h5,9H,6-8H2,1-4H3,(H,18,20). The third-order valence-electron chi connectivity index (χ3n) is 4.43. The van der Waals surface area contributed by atoms with Gasteiger partial charge in [-0.3, -0.25) is 9.52 Å². The molecule has 5 nitrogen and oxygen atoms in total. The van der Waals surface area contributed by atoms with Gasteiger partial charge in [-0.05, 0) is 44.1 Å². The third kappa shape index (κ3) is 2.56. The van der Waals surface area contributed by atoms with Gasteiger partial charge in [-0.1, -0.05) is 19.9 Å². The molecular formula is C16H21N3O2S. The summed E-state index contributed by atoms with van der Waals surface area (Å²) in [6, 6.07) is 0. The number of allylic oxidation sites excluding steroid dienone is 2. The van der Waals surface area contributed by atoms with Gasteiger partial charge in [0, 0.05) is 17.3 Å². The summed E-state index contributed by atoms with van der Waals surface area (Å²) in [5, 5.41) is 4.92. The second-order valence-corrected chi connectivity index (χ2v) is 7.93. The van der Waals surface area contributed by atoms with Crippen LogP contribution in [-0.2, 0) is 15.8 Å². The summed E-state index contributed by atoms with van der Waals surface area (Å²) in [6.45, 7) is 8.50. The first kappa shape index (κ1) is 15.2. The van der Waals surface area contributed by atoms with E-state index in [1.54, 1.807) is 4.68 Å². The van der Waals surface area contributed by atoms with E-state index in [9.17, 15) is 9.00 Å². The molecule has 0 fully saturated rings. The molecule has 3 rings (SSSR count). The molecule has 0 bridgehead atoms. The number of nitrogens with one attached hydrogen (secondary N) is 1. The molecule has 2 aliphatic rings. The van der Waals surface area contributed by atoms with Gasteiger partial charge < -0.3 is 0 Å². The molecule has 0 saturated heterocycles. The van der Waals surface area contributed by atoms with E-state index in [-0.39, 0.29) is 5.91 Å². The SMILES string of the molecule is Cc1nn(C2=CC(=O)NS2=O)c(C)c1C1=CCC(C)(C)CC1. The van der Waals surface area contributed by atoms with Crippen LogP contribution in [-0.4, -0.2) is 19.9 Å². The maximum absolute atomic E-state index is 12.0. The van der Waals surface area contributed by atoms with Crippen LogP contribution in [0, 0.1) is 19.3 Å². The Morgan fingerprint density at radius 1 is 1.36 bits per heavy atom. The number of carbonyl (C=O) groups is 1. The van der Waals surface area contributed by atoms with Gasteiger partial charge in [-0.15, -0.1) is 0 Å². The molecule has 0 spiro atoms. The normalized spacial score (nSPS) is 24.0. The summed E-state index contributed by atoms with van der Waals surface area (Å²) in [5.74, 6) is -0.332. The average Bonchev–Trinajstić information content (AvgIpc) is 2.90. The van der Waals surface area contributed by atoms with Crippen molar-refractivity contribution in [2.24, 2.45) is 5.41 Å². The Morgan fingerprint density at radius 2 is 2.09 bits per heavy atom. The van der Waals surface area contributed by atoms with Crippen molar-refractivity contribution in [3.8, 4) is 0 Å². The van der Waals surface area contributed by atoms with E-state index in [4.69, 9.17) is 0 Å². The van der Waals surface area contributed by atoms with Crippen molar-refractivity contribution in [2.45, 2.75) is 47.0 Å². The quantitative estimate of drug-likeness (QED) is 0.911. The number of aryl methyl sites for hydroxylation is 1. The lowest BCUT2D eigenvalue weighted by Crippen LogP contribution is -2.18. The fourth-order valence-electron chi connectivity index (χ4n) is 3.10. The molecule has 1 aliphatic carbocycles. The van der Waals surface area contributed by atoms with Gasteiger partial charge in [-0.25, -0.2) is 8.89 Å². The van der Waals surface area contributed by atoms with Crippen LogP contribution < -0.4 is 4.72 Å². The van der Waals surface area contributed by atoms with Crippen LogP contribution in [0.4, 0.5) is 0 Å². The molecule has 1 N–H and O–H groups in total. The Hall–Kier alpha value is -1.69. The minimum atomic E-state index is -1.52. The van der Waals surface area contributed by atoms with Crippen LogP contribution in [0.1, 0.15) is 50.1 Å². The first-order valence-electron chi connectivity index (χ1n) is 7.48. The number of hydrogen-bond acceptors (Lipinski definition) is 3. The lowest BCUT2D eigenvalue weighted by atomic mass is 9.77. The van der Waals surface area contributed by atoms with Crippen LogP contribution in [0.25, 0.3) is 10.6 Å². The van der Waals surface area contributed by atoms with Crippen LogP contribution in [0.2, 0.25) is 0 Å². The van der Waals surface area contributed by atoms with Crippen LogP contribution >= 0.6 is 0 Å². The number of hydrogen-bond donors (Lipinski definition) is 1. The summed E-state index contributed by atoms with van der Waals surface area (Å²) in [5.41, 5.74) is 4.66. The molecule has 1 aliphatic heterocycles. The highest BCUT2D eigenvalue weighted by Crippen LogP contribution is 2.39. The monoisotopic (exact) mass is 319 g/mol. The molecular weight excluding hydrogens is 298 g/mol. The largest absolute Gasteiger partial charge is 0.269 e. The summed E-state index contributed by atoms with van der Waals surface area (Å²) in [4.78, 5) is 11.4. The van der Waals surface area contributed by atoms with Crippen molar-refractivity contribution in [3.63, 3.8) is 0 Å². The predicted octanol–water partition coefficient (Wildman–Crippen LogP) is 2.69. The molecule has 1 unspecified atom stereocenters. The number of nitrogens with zero attached hydrogens (tertiary/aromatic N) is 2. The number of aromatic nitrogens is 2. The third-order valence-corrected chi connectivity index (χ3v) is 5.49. The van der Waals surface area contributed by atoms with Gasteiger partial charge in [0.1, 0.15) is 0 Å². The van der Waals surface area contributed by atoms with E-state index >= 15 is 0 Å². The molecule has 0 radical (unpaired) electrons. The highest BCUT2D eigenvalue weighted by molar-refractivity contribution is 7.93. The molecule has 0 aromatic carbocycles. The first-order chi connectivity index (χ1) is 10.3. The molecule has 1 aromatic rings. The smallest absolute Gasteiger partial charge is 0.258 e. The first-order valence-corrected chi connectivity index (χ1v) is 8.63. The lowest BCUT2D eigenvalue weighted by Gasteiger charge is -2.28. The summed E-state index contributed by atoms with van der Waals surface area (Å²) < 4.78 is 16.0. The average molecular weight is 319 g/mol. The van der Waals surface area contributed by atoms with Gasteiger partial charge in [0.25, 0.3) is 5.91 Å². The second kappa shape index (κ2) is 5.19. The minimum Gasteiger partial charge on any atom is -0.269 e. The summed E-state index contributed by atoms with van der Waals surface area (Å²) in [6.07, 6.45) is 6.89. The number of carbonyl (C=O) groups excluding carboxylic acids is 1. The zero-order valence-electron chi connectivity index (χ0n) is 13.4. The van der Waals surface area contributed by atoms with Crippen molar-refractivity contribution in [1.29, 1.82) is 0 Å². The zero-order chi connectivity index (χ0) is 16.1. The maximum Gasteiger partial charge on any atom is 0.258 e. The molecule has 22 heavy (non-hydrogen) atoms. The van der Waals surface area contributed by atoms with Gasteiger partial charge in [0.05, 0.1) is 5.69 Å². The van der Waals surface area contributed by atoms with E-state index in [0.29, 0.717) is 10.4 Å². The van der Waals surface area contributed by atoms with E-state index in [1.807, 2.05) is 13.8 Å². The van der Waals surface area contributed by atoms with Crippen LogP contribution in [0.3, 0.4) is 0 Å². The minimum absolute atomic E-state index is 0.332. The van der Waals surface area contributed by atoms with Crippen LogP contribution in [0.15, 0.2) is 12.2 Å². The fraction of sp³-hybridized carbons (Fsp3) is 0.500. The molecule has 0 saturated carbocycles. The second-order valence-electron chi connectivity index (χ2n) is 6.77. The van der Waals surface area contributed by atoms with Gasteiger partial charge in [0.15, 0.2) is 16.0 Å². The lowest BCUT2D eigenvalue weighted by molar-refractivity contribution is -0.114. The fourth-order valence-corrected chi connectivity index (χ4v) is 4.00. The highest BCUT2D eigenvalue weighted by atomic mass is 32.2. The topological polar surface area (TPSA) is 64.0 Å². The molecule has 6 heteroatoms. The molecule has 2 heterocycles. The molecule has 1 atom stereocenters. The Labute approximate surface area is 133 Å². The van der Waals surface area contributed by atoms with Crippen molar-refractivity contribution in [3.05, 3.63) is 29.1 Å². The zero-order valence-corrected chi connectivity index (χ0v) is 14.2. The Kier molecular flexibility index (Phi) is 3.59. The molecule has 1 aromatic heterocycles. The van der Waals surface area contributed by atoms with E-state index in [0.717, 1.165) is 36.2 Å². The Morgan fingerprint density at radius 3 is 2.64 bits per heavy atom. The van der Waals surface area contributed by atoms with Gasteiger partial charge in [0.2, 0.25) is 0 Å². The number of amides is 1. The Balaban J connectivity index is 2.02. The Bertz CT molecular complexity index is 741. The van der Waals surface area contributed by atoms with E-state index in [2.05, 4.69) is 29.7 Å². The highest BCUT2D eigenvalue weighted by Gasteiger charge is 2.28. The van der Waals surface area contributed by atoms with E-state index < -0.39 is 11.0 Å². The molecule has 118 valence electrons. The van der Waals surface area contributed by atoms with E-state index in [1.165, 1.54) is 11.6 Å². The van der Waals surface area contributed by atoms with Crippen molar-refractivity contribution in [1.82, 2.24) is 14.5 Å². The van der Waals surface area contributed by atoms with Crippen molar-refractivity contribution >= 4 is 27.5 Å². The van der Waals surface area contributed by atoms with Crippen molar-refractivity contribution in [2.75, 3.05) is 0 Å². The summed E-state index contributed by atoms with van der Waals surface area (Å²) in [7, 11) is -1.52.